The van der Waals surface area contributed by atoms with Crippen molar-refractivity contribution in [1.82, 2.24) is 0 Å². The van der Waals surface area contributed by atoms with Crippen LogP contribution in [0.5, 0.6) is 0 Å². The molecule has 0 fully saturated rings. The van der Waals surface area contributed by atoms with Crippen molar-refractivity contribution in [3.8, 4) is 6.26 Å². The van der Waals surface area contributed by atoms with Gasteiger partial charge in [-0.15, -0.1) is 0 Å². The van der Waals surface area contributed by atoms with Crippen molar-refractivity contribution < 1.29 is 24.9 Å². The monoisotopic (exact) mass is 203 g/mol. The van der Waals surface area contributed by atoms with Crippen molar-refractivity contribution in [3.63, 3.8) is 0 Å². The van der Waals surface area contributed by atoms with Crippen LogP contribution in [0.3, 0.4) is 0 Å². The highest BCUT2D eigenvalue weighted by Gasteiger charge is 1.71. The van der Waals surface area contributed by atoms with Gasteiger partial charge in [-0.1, -0.05) is 0 Å². The van der Waals surface area contributed by atoms with Crippen LogP contribution in [0.4, 0.5) is 9.59 Å². The third kappa shape index (κ3) is 289. The molecular formula is C3H3Cl2NO5. The molecule has 0 aromatic heterocycles. The van der Waals surface area contributed by atoms with E-state index in [-0.39, 0.29) is 0 Å². The van der Waals surface area contributed by atoms with E-state index in [2.05, 4.69) is 23.2 Å². The van der Waals surface area contributed by atoms with Crippen LogP contribution in [0.1, 0.15) is 0 Å². The number of nitrogens with zero attached hydrogens (tertiary/aromatic N) is 1. The fraction of sp³-hybridized carbons (Fsp3) is 0. The molecule has 11 heavy (non-hydrogen) atoms. The first-order valence-electron chi connectivity index (χ1n) is 1.68. The zero-order valence-corrected chi connectivity index (χ0v) is 6.37. The van der Waals surface area contributed by atoms with Crippen molar-refractivity contribution in [1.29, 1.82) is 5.26 Å². The maximum atomic E-state index is 8.77. The minimum Gasteiger partial charge on any atom is -0.469 e. The SMILES string of the molecule is N#CO.O=C(O)Cl.O=C(O)Cl. The van der Waals surface area contributed by atoms with E-state index in [1.165, 1.54) is 0 Å². The Labute approximate surface area is 71.2 Å². The molecule has 0 unspecified atom stereocenters. The molecule has 0 atom stereocenters. The Morgan fingerprint density at radius 1 is 1.18 bits per heavy atom. The fourth-order valence-electron chi connectivity index (χ4n) is 0. The Morgan fingerprint density at radius 3 is 1.18 bits per heavy atom. The summed E-state index contributed by atoms with van der Waals surface area (Å²) in [5.41, 5.74) is -2.72. The number of hydrogen-bond acceptors (Lipinski definition) is 4. The molecule has 0 amide bonds. The number of halogens is 2. The van der Waals surface area contributed by atoms with Crippen LogP contribution in [0.15, 0.2) is 0 Å². The lowest BCUT2D eigenvalue weighted by Crippen LogP contribution is -1.66. The largest absolute Gasteiger partial charge is 0.469 e. The standard InChI is InChI=1S/2CHClO2.CHNO/c2*2-1(3)4;2-1-3/h2*(H,3,4);3H. The molecule has 3 N–H and O–H groups in total. The molecular weight excluding hydrogens is 201 g/mol. The molecule has 8 heteroatoms. The second kappa shape index (κ2) is 15.9. The number of rotatable bonds is 0. The van der Waals surface area contributed by atoms with Crippen LogP contribution in [-0.2, 0) is 0 Å². The summed E-state index contributed by atoms with van der Waals surface area (Å²) in [6.45, 7) is 0. The van der Waals surface area contributed by atoms with Gasteiger partial charge in [0.05, 0.1) is 0 Å². The second-order valence-corrected chi connectivity index (χ2v) is 1.25. The molecule has 0 heterocycles. The molecule has 0 rings (SSSR count). The molecule has 0 saturated heterocycles. The molecule has 0 aromatic rings. The lowest BCUT2D eigenvalue weighted by molar-refractivity contribution is 0.219. The Balaban J connectivity index is -0.0000000886. The van der Waals surface area contributed by atoms with Gasteiger partial charge in [0.2, 0.25) is 0 Å². The Bertz CT molecular complexity index is 132. The third-order valence-corrected chi connectivity index (χ3v) is 0. The summed E-state index contributed by atoms with van der Waals surface area (Å²) in [5.74, 6) is 0. The summed E-state index contributed by atoms with van der Waals surface area (Å²) in [6.07, 6.45) is 0.750. The summed E-state index contributed by atoms with van der Waals surface area (Å²) in [7, 11) is 0. The van der Waals surface area contributed by atoms with Crippen LogP contribution >= 0.6 is 23.2 Å². The first kappa shape index (κ1) is 16.4. The summed E-state index contributed by atoms with van der Waals surface area (Å²) in [6, 6.07) is 0. The van der Waals surface area contributed by atoms with Crippen molar-refractivity contribution in [2.75, 3.05) is 0 Å². The van der Waals surface area contributed by atoms with E-state index >= 15 is 0 Å². The van der Waals surface area contributed by atoms with Gasteiger partial charge in [0.1, 0.15) is 0 Å². The van der Waals surface area contributed by atoms with E-state index in [1.54, 1.807) is 0 Å². The number of carbonyl (C=O) groups is 2. The maximum absolute atomic E-state index is 8.77. The van der Waals surface area contributed by atoms with E-state index in [1.807, 2.05) is 0 Å². The minimum absolute atomic E-state index is 0.750. The van der Waals surface area contributed by atoms with E-state index in [0.29, 0.717) is 0 Å². The topological polar surface area (TPSA) is 119 Å². The zero-order valence-electron chi connectivity index (χ0n) is 4.86. The van der Waals surface area contributed by atoms with Gasteiger partial charge in [-0.05, 0) is 0 Å². The molecule has 0 aliphatic carbocycles. The van der Waals surface area contributed by atoms with Crippen molar-refractivity contribution in [3.05, 3.63) is 0 Å². The number of carboxylic acid groups (broad SMARTS) is 2. The van der Waals surface area contributed by atoms with E-state index in [9.17, 15) is 0 Å². The van der Waals surface area contributed by atoms with Crippen molar-refractivity contribution in [2.45, 2.75) is 0 Å². The van der Waals surface area contributed by atoms with Gasteiger partial charge in [0, 0.05) is 23.2 Å². The summed E-state index contributed by atoms with van der Waals surface area (Å²) < 4.78 is 0. The van der Waals surface area contributed by atoms with Gasteiger partial charge in [-0.25, -0.2) is 9.59 Å². The molecule has 0 saturated carbocycles. The molecule has 0 spiro atoms. The summed E-state index contributed by atoms with van der Waals surface area (Å²) >= 11 is 8.38. The normalized spacial score (nSPS) is 5.18. The van der Waals surface area contributed by atoms with Crippen LogP contribution in [0.25, 0.3) is 0 Å². The Kier molecular flexibility index (Phi) is 23.8. The highest BCUT2D eigenvalue weighted by Crippen LogP contribution is 1.68. The number of aliphatic hydroxyl groups excluding tert-OH is 1. The molecule has 0 radical (unpaired) electrons. The quantitative estimate of drug-likeness (QED) is 0.407. The number of nitriles is 1. The van der Waals surface area contributed by atoms with Gasteiger partial charge in [-0.2, -0.15) is 5.26 Å². The highest BCUT2D eigenvalue weighted by atomic mass is 35.5. The fourth-order valence-corrected chi connectivity index (χ4v) is 0. The molecule has 64 valence electrons. The summed E-state index contributed by atoms with van der Waals surface area (Å²) in [5, 5.41) is 28.1. The average Bonchev–Trinajstić information content (AvgIpc) is 1.60. The minimum atomic E-state index is -1.36. The molecule has 0 aliphatic heterocycles. The number of aliphatic hydroxyl groups is 1. The summed E-state index contributed by atoms with van der Waals surface area (Å²) in [4.78, 5) is 17.5. The van der Waals surface area contributed by atoms with Crippen molar-refractivity contribution >= 4 is 34.1 Å². The van der Waals surface area contributed by atoms with Gasteiger partial charge in [0.25, 0.3) is 6.26 Å². The van der Waals surface area contributed by atoms with Crippen molar-refractivity contribution in [2.24, 2.45) is 0 Å². The van der Waals surface area contributed by atoms with Crippen LogP contribution < -0.4 is 0 Å². The smallest absolute Gasteiger partial charge is 0.401 e. The lowest BCUT2D eigenvalue weighted by atomic mass is 11.6. The lowest BCUT2D eigenvalue weighted by Gasteiger charge is -1.55. The number of hydrogen-bond donors (Lipinski definition) is 3. The van der Waals surface area contributed by atoms with E-state index in [4.69, 9.17) is 30.2 Å². The average molecular weight is 204 g/mol. The predicted octanol–water partition coefficient (Wildman–Crippen LogP) is 1.65. The zero-order chi connectivity index (χ0) is 9.86. The molecule has 0 aromatic carbocycles. The van der Waals surface area contributed by atoms with Crippen LogP contribution in [0, 0.1) is 11.5 Å². The van der Waals surface area contributed by atoms with E-state index < -0.39 is 10.9 Å². The third-order valence-electron chi connectivity index (χ3n) is 0. The van der Waals surface area contributed by atoms with Crippen LogP contribution in [0.2, 0.25) is 0 Å². The molecule has 6 nitrogen and oxygen atoms in total. The van der Waals surface area contributed by atoms with Gasteiger partial charge >= 0.3 is 10.9 Å². The highest BCUT2D eigenvalue weighted by molar-refractivity contribution is 6.60. The molecule has 0 bridgehead atoms. The first-order chi connectivity index (χ1) is 4.88. The Morgan fingerprint density at radius 2 is 1.18 bits per heavy atom. The second-order valence-electron chi connectivity index (χ2n) is 0.606. The first-order valence-corrected chi connectivity index (χ1v) is 2.44. The van der Waals surface area contributed by atoms with Gasteiger partial charge in [-0.3, -0.25) is 0 Å². The maximum Gasteiger partial charge on any atom is 0.401 e. The van der Waals surface area contributed by atoms with Crippen LogP contribution in [-0.4, -0.2) is 26.2 Å². The molecule has 0 aliphatic rings. The Hall–Kier alpha value is -1.19. The van der Waals surface area contributed by atoms with Gasteiger partial charge < -0.3 is 15.3 Å². The van der Waals surface area contributed by atoms with E-state index in [0.717, 1.165) is 6.26 Å². The van der Waals surface area contributed by atoms with Gasteiger partial charge in [0.15, 0.2) is 0 Å². The predicted molar refractivity (Wildman–Crippen MR) is 35.3 cm³/mol.